The van der Waals surface area contributed by atoms with Crippen LogP contribution in [0.3, 0.4) is 0 Å². The number of carbonyl (C=O) groups is 1. The Morgan fingerprint density at radius 2 is 2.00 bits per heavy atom. The van der Waals surface area contributed by atoms with E-state index in [0.717, 1.165) is 40.5 Å². The molecule has 2 aromatic rings. The number of rotatable bonds is 7. The van der Waals surface area contributed by atoms with E-state index < -0.39 is 16.1 Å². The Hall–Kier alpha value is -2.50. The highest BCUT2D eigenvalue weighted by Gasteiger charge is 2.31. The number of hydrogen-bond donors (Lipinski definition) is 2. The van der Waals surface area contributed by atoms with Crippen LogP contribution in [-0.2, 0) is 25.2 Å². The van der Waals surface area contributed by atoms with Gasteiger partial charge in [0.2, 0.25) is 0 Å². The quantitative estimate of drug-likeness (QED) is 0.548. The number of nitrogens with zero attached hydrogens (tertiary/aromatic N) is 3. The van der Waals surface area contributed by atoms with Gasteiger partial charge in [-0.3, -0.25) is 0 Å². The summed E-state index contributed by atoms with van der Waals surface area (Å²) in [6.07, 6.45) is 2.01. The molecule has 1 fully saturated rings. The van der Waals surface area contributed by atoms with E-state index in [1.54, 1.807) is 16.4 Å². The van der Waals surface area contributed by atoms with Gasteiger partial charge in [0.05, 0.1) is 16.1 Å². The van der Waals surface area contributed by atoms with Crippen molar-refractivity contribution in [2.24, 2.45) is 10.6 Å². The SMILES string of the molecule is CC(C)(C)C(=O)ON1CCC(c2nc(C3=NOC(c4ccccc4NC[SH](=O)=O)C3)cs2)CC1. The van der Waals surface area contributed by atoms with Crippen LogP contribution < -0.4 is 5.32 Å². The van der Waals surface area contributed by atoms with Crippen molar-refractivity contribution in [1.29, 1.82) is 0 Å². The molecule has 1 unspecified atom stereocenters. The minimum Gasteiger partial charge on any atom is -0.387 e. The Morgan fingerprint density at radius 1 is 1.26 bits per heavy atom. The zero-order chi connectivity index (χ0) is 24.3. The number of thiol groups is 1. The van der Waals surface area contributed by atoms with Gasteiger partial charge >= 0.3 is 5.97 Å². The van der Waals surface area contributed by atoms with Crippen LogP contribution in [0.15, 0.2) is 34.8 Å². The molecule has 0 bridgehead atoms. The fourth-order valence-corrected chi connectivity index (χ4v) is 5.14. The van der Waals surface area contributed by atoms with Crippen molar-refractivity contribution >= 4 is 39.4 Å². The molecule has 1 N–H and O–H groups in total. The topological polar surface area (TPSA) is 110 Å². The molecule has 0 spiro atoms. The Kier molecular flexibility index (Phi) is 7.54. The molecule has 184 valence electrons. The molecule has 4 rings (SSSR count). The number of carbonyl (C=O) groups excluding carboxylic acids is 1. The van der Waals surface area contributed by atoms with E-state index in [4.69, 9.17) is 14.7 Å². The predicted molar refractivity (Wildman–Crippen MR) is 131 cm³/mol. The molecule has 1 atom stereocenters. The van der Waals surface area contributed by atoms with Crippen molar-refractivity contribution in [2.45, 2.75) is 52.1 Å². The molecular weight excluding hydrogens is 476 g/mol. The highest BCUT2D eigenvalue weighted by Crippen LogP contribution is 2.36. The Labute approximate surface area is 205 Å². The number of aromatic nitrogens is 1. The Bertz CT molecular complexity index is 1120. The first kappa shape index (κ1) is 24.6. The predicted octanol–water partition coefficient (Wildman–Crippen LogP) is 3.67. The van der Waals surface area contributed by atoms with Crippen molar-refractivity contribution in [2.75, 3.05) is 24.3 Å². The van der Waals surface area contributed by atoms with Crippen LogP contribution in [0.2, 0.25) is 0 Å². The first-order valence-electron chi connectivity index (χ1n) is 11.3. The fraction of sp³-hybridized carbons (Fsp3) is 0.522. The molecule has 1 aromatic carbocycles. The van der Waals surface area contributed by atoms with E-state index in [2.05, 4.69) is 10.5 Å². The molecule has 0 saturated carbocycles. The van der Waals surface area contributed by atoms with E-state index in [0.29, 0.717) is 25.4 Å². The van der Waals surface area contributed by atoms with Crippen LogP contribution in [0, 0.1) is 5.41 Å². The summed E-state index contributed by atoms with van der Waals surface area (Å²) in [7, 11) is -2.53. The summed E-state index contributed by atoms with van der Waals surface area (Å²) in [5.41, 5.74) is 2.67. The summed E-state index contributed by atoms with van der Waals surface area (Å²) >= 11 is 1.62. The molecule has 3 heterocycles. The van der Waals surface area contributed by atoms with Gasteiger partial charge in [-0.15, -0.1) is 16.4 Å². The Morgan fingerprint density at radius 3 is 2.71 bits per heavy atom. The van der Waals surface area contributed by atoms with Crippen molar-refractivity contribution in [3.05, 3.63) is 45.9 Å². The molecule has 2 aliphatic rings. The largest absolute Gasteiger partial charge is 0.387 e. The summed E-state index contributed by atoms with van der Waals surface area (Å²) in [4.78, 5) is 28.2. The lowest BCUT2D eigenvalue weighted by Gasteiger charge is -2.31. The lowest BCUT2D eigenvalue weighted by atomic mass is 9.97. The molecular formula is C23H30N4O5S2. The maximum Gasteiger partial charge on any atom is 0.330 e. The third-order valence-electron chi connectivity index (χ3n) is 5.82. The standard InChI is InChI=1S/C23H30N4O5S2/c1-23(2,3)22(28)32-27-10-8-15(9-11-27)21-25-19(13-33-21)18-12-20(31-26-18)16-6-4-5-7-17(16)24-14-34(29)30/h4-7,13,15,20,24,34H,8-12,14H2,1-3H3. The monoisotopic (exact) mass is 506 g/mol. The van der Waals surface area contributed by atoms with Gasteiger partial charge < -0.3 is 15.0 Å². The van der Waals surface area contributed by atoms with E-state index in [9.17, 15) is 13.2 Å². The molecule has 9 nitrogen and oxygen atoms in total. The van der Waals surface area contributed by atoms with Gasteiger partial charge in [-0.2, -0.15) is 0 Å². The number of piperidine rings is 1. The van der Waals surface area contributed by atoms with Crippen LogP contribution in [-0.4, -0.2) is 49.1 Å². The maximum atomic E-state index is 12.1. The van der Waals surface area contributed by atoms with E-state index in [-0.39, 0.29) is 18.0 Å². The second-order valence-corrected chi connectivity index (χ2v) is 11.4. The molecule has 0 aliphatic carbocycles. The summed E-state index contributed by atoms with van der Waals surface area (Å²) in [5.74, 6) is -0.0212. The highest BCUT2D eigenvalue weighted by molar-refractivity contribution is 7.72. The summed E-state index contributed by atoms with van der Waals surface area (Å²) in [6.45, 7) is 6.93. The third kappa shape index (κ3) is 5.94. The third-order valence-corrected chi connectivity index (χ3v) is 7.24. The van der Waals surface area contributed by atoms with E-state index in [1.165, 1.54) is 0 Å². The van der Waals surface area contributed by atoms with Crippen molar-refractivity contribution < 1.29 is 22.9 Å². The summed E-state index contributed by atoms with van der Waals surface area (Å²) < 4.78 is 21.9. The molecule has 1 aromatic heterocycles. The van der Waals surface area contributed by atoms with Gasteiger partial charge in [-0.05, 0) is 39.7 Å². The normalized spacial score (nSPS) is 19.6. The smallest absolute Gasteiger partial charge is 0.330 e. The molecule has 2 aliphatic heterocycles. The fourth-order valence-electron chi connectivity index (χ4n) is 3.84. The summed E-state index contributed by atoms with van der Waals surface area (Å²) in [6, 6.07) is 7.49. The van der Waals surface area contributed by atoms with E-state index >= 15 is 0 Å². The minimum absolute atomic E-state index is 0.129. The number of anilines is 1. The number of nitrogens with one attached hydrogen (secondary N) is 1. The minimum atomic E-state index is -2.53. The maximum absolute atomic E-state index is 12.1. The van der Waals surface area contributed by atoms with Crippen LogP contribution in [0.25, 0.3) is 0 Å². The van der Waals surface area contributed by atoms with Crippen LogP contribution in [0.4, 0.5) is 5.69 Å². The van der Waals surface area contributed by atoms with E-state index in [1.807, 2.05) is 50.4 Å². The lowest BCUT2D eigenvalue weighted by molar-refractivity contribution is -0.204. The highest BCUT2D eigenvalue weighted by atomic mass is 32.2. The molecule has 0 amide bonds. The number of thiazole rings is 1. The molecule has 0 radical (unpaired) electrons. The average molecular weight is 507 g/mol. The van der Waals surface area contributed by atoms with Crippen molar-refractivity contribution in [1.82, 2.24) is 10.0 Å². The van der Waals surface area contributed by atoms with Gasteiger partial charge in [-0.1, -0.05) is 23.4 Å². The number of para-hydroxylation sites is 1. The van der Waals surface area contributed by atoms with Crippen molar-refractivity contribution in [3.8, 4) is 0 Å². The second kappa shape index (κ2) is 10.4. The zero-order valence-electron chi connectivity index (χ0n) is 19.5. The van der Waals surface area contributed by atoms with Crippen molar-refractivity contribution in [3.63, 3.8) is 0 Å². The van der Waals surface area contributed by atoms with Gasteiger partial charge in [0.25, 0.3) is 0 Å². The van der Waals surface area contributed by atoms with Gasteiger partial charge in [0.15, 0.2) is 16.8 Å². The zero-order valence-corrected chi connectivity index (χ0v) is 21.2. The summed E-state index contributed by atoms with van der Waals surface area (Å²) in [5, 5.41) is 12.0. The number of hydroxylamine groups is 2. The number of oxime groups is 1. The second-order valence-electron chi connectivity index (χ2n) is 9.49. The first-order chi connectivity index (χ1) is 16.2. The molecule has 11 heteroatoms. The number of benzene rings is 1. The average Bonchev–Trinajstić information content (AvgIpc) is 3.48. The van der Waals surface area contributed by atoms with Gasteiger partial charge in [-0.25, -0.2) is 18.2 Å². The van der Waals surface area contributed by atoms with Crippen LogP contribution >= 0.6 is 11.3 Å². The van der Waals surface area contributed by atoms with Gasteiger partial charge in [0.1, 0.15) is 11.6 Å². The van der Waals surface area contributed by atoms with Crippen LogP contribution in [0.1, 0.15) is 68.3 Å². The Balaban J connectivity index is 1.34. The van der Waals surface area contributed by atoms with Gasteiger partial charge in [0, 0.05) is 42.1 Å². The van der Waals surface area contributed by atoms with Crippen LogP contribution in [0.5, 0.6) is 0 Å². The molecule has 34 heavy (non-hydrogen) atoms. The first-order valence-corrected chi connectivity index (χ1v) is 13.6. The number of hydrogen-bond acceptors (Lipinski definition) is 10. The lowest BCUT2D eigenvalue weighted by Crippen LogP contribution is -2.38. The molecule has 1 saturated heterocycles.